The molecule has 0 unspecified atom stereocenters. The summed E-state index contributed by atoms with van der Waals surface area (Å²) in [5.41, 5.74) is 0.262. The Balaban J connectivity index is 1.95. The van der Waals surface area contributed by atoms with Crippen LogP contribution in [0.5, 0.6) is 0 Å². The summed E-state index contributed by atoms with van der Waals surface area (Å²) >= 11 is 5.91. The molecule has 4 amide bonds. The number of urea groups is 1. The number of nitrogens with zero attached hydrogens (tertiary/aromatic N) is 1. The van der Waals surface area contributed by atoms with Gasteiger partial charge in [-0.3, -0.25) is 19.3 Å². The van der Waals surface area contributed by atoms with Crippen LogP contribution in [-0.2, 0) is 19.1 Å². The first-order chi connectivity index (χ1) is 12.6. The molecule has 0 saturated carbocycles. The second kappa shape index (κ2) is 7.96. The molecule has 8 nitrogen and oxygen atoms in total. The van der Waals surface area contributed by atoms with E-state index in [1.165, 1.54) is 6.92 Å². The number of carbonyl (C=O) groups is 4. The number of imide groups is 1. The van der Waals surface area contributed by atoms with Crippen molar-refractivity contribution in [3.63, 3.8) is 0 Å². The van der Waals surface area contributed by atoms with Crippen LogP contribution in [0.1, 0.15) is 32.8 Å². The Bertz CT molecular complexity index is 797. The third-order valence-corrected chi connectivity index (χ3v) is 4.71. The number of aryl methyl sites for hydroxylation is 1. The van der Waals surface area contributed by atoms with Gasteiger partial charge in [0.05, 0.1) is 0 Å². The SMILES string of the molecule is CC[C@]1(C)NC(=O)N(CC(=O)O[C@@H](C)C(=O)Nc2cc(Cl)ccc2C)C1=O. The van der Waals surface area contributed by atoms with Gasteiger partial charge in [0.25, 0.3) is 11.8 Å². The zero-order valence-electron chi connectivity index (χ0n) is 15.6. The average Bonchev–Trinajstić information content (AvgIpc) is 2.81. The first kappa shape index (κ1) is 20.7. The number of amides is 4. The molecule has 1 aliphatic heterocycles. The number of rotatable bonds is 6. The van der Waals surface area contributed by atoms with E-state index < -0.39 is 42.0 Å². The summed E-state index contributed by atoms with van der Waals surface area (Å²) in [6, 6.07) is 4.37. The van der Waals surface area contributed by atoms with Crippen molar-refractivity contribution in [1.29, 1.82) is 0 Å². The number of ether oxygens (including phenoxy) is 1. The van der Waals surface area contributed by atoms with Crippen molar-refractivity contribution < 1.29 is 23.9 Å². The highest BCUT2D eigenvalue weighted by Gasteiger charge is 2.47. The lowest BCUT2D eigenvalue weighted by atomic mass is 9.99. The number of hydrogen-bond donors (Lipinski definition) is 2. The number of nitrogens with one attached hydrogen (secondary N) is 2. The van der Waals surface area contributed by atoms with E-state index >= 15 is 0 Å². The van der Waals surface area contributed by atoms with E-state index in [4.69, 9.17) is 16.3 Å². The van der Waals surface area contributed by atoms with Gasteiger partial charge in [-0.2, -0.15) is 0 Å². The molecule has 1 heterocycles. The Kier molecular flexibility index (Phi) is 6.10. The summed E-state index contributed by atoms with van der Waals surface area (Å²) in [5.74, 6) is -1.91. The molecule has 1 aromatic carbocycles. The molecule has 1 saturated heterocycles. The van der Waals surface area contributed by atoms with Crippen LogP contribution in [0.3, 0.4) is 0 Å². The van der Waals surface area contributed by atoms with Crippen LogP contribution in [-0.4, -0.2) is 46.9 Å². The Morgan fingerprint density at radius 2 is 2.04 bits per heavy atom. The maximum Gasteiger partial charge on any atom is 0.327 e. The molecule has 146 valence electrons. The summed E-state index contributed by atoms with van der Waals surface area (Å²) < 4.78 is 5.06. The minimum atomic E-state index is -1.12. The summed E-state index contributed by atoms with van der Waals surface area (Å²) in [6.07, 6.45) is -0.727. The predicted molar refractivity (Wildman–Crippen MR) is 99.3 cm³/mol. The number of anilines is 1. The summed E-state index contributed by atoms with van der Waals surface area (Å²) in [4.78, 5) is 49.3. The molecule has 0 radical (unpaired) electrons. The van der Waals surface area contributed by atoms with Crippen LogP contribution in [0.25, 0.3) is 0 Å². The molecule has 0 bridgehead atoms. The van der Waals surface area contributed by atoms with Gasteiger partial charge in [-0.05, 0) is 44.9 Å². The molecule has 1 aromatic rings. The fourth-order valence-corrected chi connectivity index (χ4v) is 2.68. The second-order valence-corrected chi connectivity index (χ2v) is 7.02. The van der Waals surface area contributed by atoms with Crippen molar-refractivity contribution >= 4 is 41.1 Å². The third-order valence-electron chi connectivity index (χ3n) is 4.47. The van der Waals surface area contributed by atoms with E-state index in [9.17, 15) is 19.2 Å². The maximum absolute atomic E-state index is 12.3. The molecule has 27 heavy (non-hydrogen) atoms. The monoisotopic (exact) mass is 395 g/mol. The second-order valence-electron chi connectivity index (χ2n) is 6.59. The van der Waals surface area contributed by atoms with Crippen molar-refractivity contribution in [3.8, 4) is 0 Å². The summed E-state index contributed by atoms with van der Waals surface area (Å²) in [6.45, 7) is 5.97. The predicted octanol–water partition coefficient (Wildman–Crippen LogP) is 2.24. The standard InChI is InChI=1S/C18H22ClN3O5/c1-5-18(4)16(25)22(17(26)21-18)9-14(23)27-11(3)15(24)20-13-8-12(19)7-6-10(13)2/h6-8,11H,5,9H2,1-4H3,(H,20,24)(H,21,26)/t11-,18-/m0/s1. The first-order valence-electron chi connectivity index (χ1n) is 8.48. The van der Waals surface area contributed by atoms with E-state index in [1.54, 1.807) is 39.0 Å². The van der Waals surface area contributed by atoms with Gasteiger partial charge in [-0.15, -0.1) is 0 Å². The molecule has 2 rings (SSSR count). The molecule has 1 fully saturated rings. The molecule has 2 N–H and O–H groups in total. The Labute approximate surface area is 162 Å². The highest BCUT2D eigenvalue weighted by atomic mass is 35.5. The normalized spacial score (nSPS) is 20.3. The van der Waals surface area contributed by atoms with E-state index in [0.29, 0.717) is 17.1 Å². The Morgan fingerprint density at radius 3 is 2.63 bits per heavy atom. The number of halogens is 1. The molecule has 2 atom stereocenters. The van der Waals surface area contributed by atoms with Gasteiger partial charge in [0, 0.05) is 10.7 Å². The lowest BCUT2D eigenvalue weighted by molar-refractivity contribution is -0.155. The van der Waals surface area contributed by atoms with Crippen LogP contribution in [0.4, 0.5) is 10.5 Å². The Hall–Kier alpha value is -2.61. The lowest BCUT2D eigenvalue weighted by Gasteiger charge is -2.19. The van der Waals surface area contributed by atoms with Crippen LogP contribution < -0.4 is 10.6 Å². The van der Waals surface area contributed by atoms with E-state index in [2.05, 4.69) is 10.6 Å². The smallest absolute Gasteiger partial charge is 0.327 e. The molecular weight excluding hydrogens is 374 g/mol. The Morgan fingerprint density at radius 1 is 1.37 bits per heavy atom. The van der Waals surface area contributed by atoms with Crippen LogP contribution >= 0.6 is 11.6 Å². The van der Waals surface area contributed by atoms with E-state index in [-0.39, 0.29) is 0 Å². The van der Waals surface area contributed by atoms with Gasteiger partial charge >= 0.3 is 12.0 Å². The van der Waals surface area contributed by atoms with Crippen molar-refractivity contribution in [2.45, 2.75) is 45.8 Å². The molecular formula is C18H22ClN3O5. The largest absolute Gasteiger partial charge is 0.451 e. The molecule has 9 heteroatoms. The van der Waals surface area contributed by atoms with Gasteiger partial charge in [0.15, 0.2) is 6.10 Å². The molecule has 0 spiro atoms. The highest BCUT2D eigenvalue weighted by molar-refractivity contribution is 6.31. The van der Waals surface area contributed by atoms with Crippen molar-refractivity contribution in [2.75, 3.05) is 11.9 Å². The molecule has 1 aliphatic rings. The van der Waals surface area contributed by atoms with Crippen LogP contribution in [0, 0.1) is 6.92 Å². The number of esters is 1. The lowest BCUT2D eigenvalue weighted by Crippen LogP contribution is -2.44. The van der Waals surface area contributed by atoms with Crippen LogP contribution in [0.15, 0.2) is 18.2 Å². The fraction of sp³-hybridized carbons (Fsp3) is 0.444. The average molecular weight is 396 g/mol. The van der Waals surface area contributed by atoms with Crippen molar-refractivity contribution in [1.82, 2.24) is 10.2 Å². The zero-order valence-corrected chi connectivity index (χ0v) is 16.3. The van der Waals surface area contributed by atoms with E-state index in [0.717, 1.165) is 10.5 Å². The summed E-state index contributed by atoms with van der Waals surface area (Å²) in [7, 11) is 0. The van der Waals surface area contributed by atoms with Crippen molar-refractivity contribution in [3.05, 3.63) is 28.8 Å². The third kappa shape index (κ3) is 4.57. The zero-order chi connectivity index (χ0) is 20.4. The fourth-order valence-electron chi connectivity index (χ4n) is 2.51. The molecule has 0 aromatic heterocycles. The van der Waals surface area contributed by atoms with Gasteiger partial charge in [-0.25, -0.2) is 4.79 Å². The summed E-state index contributed by atoms with van der Waals surface area (Å²) in [5, 5.41) is 5.63. The minimum absolute atomic E-state index is 0.390. The van der Waals surface area contributed by atoms with E-state index in [1.807, 2.05) is 0 Å². The first-order valence-corrected chi connectivity index (χ1v) is 8.85. The van der Waals surface area contributed by atoms with Gasteiger partial charge < -0.3 is 15.4 Å². The van der Waals surface area contributed by atoms with Crippen LogP contribution in [0.2, 0.25) is 5.02 Å². The highest BCUT2D eigenvalue weighted by Crippen LogP contribution is 2.22. The number of benzene rings is 1. The van der Waals surface area contributed by atoms with Gasteiger partial charge in [-0.1, -0.05) is 24.6 Å². The molecule has 0 aliphatic carbocycles. The van der Waals surface area contributed by atoms with Gasteiger partial charge in [0.2, 0.25) is 0 Å². The topological polar surface area (TPSA) is 105 Å². The number of carbonyl (C=O) groups excluding carboxylic acids is 4. The number of hydrogen-bond acceptors (Lipinski definition) is 5. The van der Waals surface area contributed by atoms with Gasteiger partial charge in [0.1, 0.15) is 12.1 Å². The minimum Gasteiger partial charge on any atom is -0.451 e. The quantitative estimate of drug-likeness (QED) is 0.567. The maximum atomic E-state index is 12.3. The van der Waals surface area contributed by atoms with Crippen molar-refractivity contribution in [2.24, 2.45) is 0 Å².